The second-order valence-corrected chi connectivity index (χ2v) is 9.76. The Morgan fingerprint density at radius 2 is 2.00 bits per heavy atom. The fraction of sp³-hybridized carbons (Fsp3) is 0.310. The first-order chi connectivity index (χ1) is 17.7. The molecule has 6 nitrogen and oxygen atoms in total. The summed E-state index contributed by atoms with van der Waals surface area (Å²) in [6, 6.07) is 16.2. The van der Waals surface area contributed by atoms with Crippen LogP contribution in [0.1, 0.15) is 36.8 Å². The van der Waals surface area contributed by atoms with Gasteiger partial charge in [0, 0.05) is 23.8 Å². The van der Waals surface area contributed by atoms with Gasteiger partial charge in [-0.15, -0.1) is 0 Å². The third kappa shape index (κ3) is 5.77. The van der Waals surface area contributed by atoms with Gasteiger partial charge in [-0.25, -0.2) is 4.99 Å². The van der Waals surface area contributed by atoms with Crippen molar-refractivity contribution in [2.45, 2.75) is 25.7 Å². The van der Waals surface area contributed by atoms with Crippen LogP contribution in [0, 0.1) is 17.2 Å². The zero-order valence-corrected chi connectivity index (χ0v) is 21.2. The summed E-state index contributed by atoms with van der Waals surface area (Å²) < 4.78 is 17.5. The molecule has 0 amide bonds. The molecule has 0 aromatic heterocycles. The van der Waals surface area contributed by atoms with Gasteiger partial charge < -0.3 is 19.1 Å². The molecular weight excluding hydrogens is 470 g/mol. The first kappa shape index (κ1) is 24.1. The van der Waals surface area contributed by atoms with Crippen molar-refractivity contribution in [3.8, 4) is 23.3 Å². The molecule has 1 saturated carbocycles. The first-order valence-corrected chi connectivity index (χ1v) is 13.1. The predicted octanol–water partition coefficient (Wildman–Crippen LogP) is 6.48. The van der Waals surface area contributed by atoms with Gasteiger partial charge in [0.15, 0.2) is 16.7 Å². The van der Waals surface area contributed by atoms with E-state index in [1.165, 1.54) is 12.8 Å². The minimum atomic E-state index is 0.503. The van der Waals surface area contributed by atoms with Crippen molar-refractivity contribution < 1.29 is 14.2 Å². The van der Waals surface area contributed by atoms with Crippen molar-refractivity contribution in [2.24, 2.45) is 10.9 Å². The summed E-state index contributed by atoms with van der Waals surface area (Å²) in [5, 5.41) is 11.7. The zero-order chi connectivity index (χ0) is 24.7. The van der Waals surface area contributed by atoms with Crippen molar-refractivity contribution >= 4 is 28.6 Å². The Labute approximate surface area is 216 Å². The second kappa shape index (κ2) is 11.4. The lowest BCUT2D eigenvalue weighted by atomic mass is 10.0. The average molecular weight is 500 g/mol. The van der Waals surface area contributed by atoms with Gasteiger partial charge in [-0.3, -0.25) is 0 Å². The molecule has 1 aliphatic carbocycles. The van der Waals surface area contributed by atoms with Crippen LogP contribution in [0.15, 0.2) is 70.8 Å². The van der Waals surface area contributed by atoms with Crippen LogP contribution in [0.2, 0.25) is 0 Å². The maximum absolute atomic E-state index is 8.69. The number of hydrogen-bond donors (Lipinski definition) is 0. The normalized spacial score (nSPS) is 16.7. The van der Waals surface area contributed by atoms with E-state index in [4.69, 9.17) is 24.5 Å². The second-order valence-electron chi connectivity index (χ2n) is 8.89. The molecule has 0 radical (unpaired) electrons. The highest BCUT2D eigenvalue weighted by Gasteiger charge is 2.25. The van der Waals surface area contributed by atoms with E-state index in [0.717, 1.165) is 64.4 Å². The highest BCUT2D eigenvalue weighted by atomic mass is 32.2. The van der Waals surface area contributed by atoms with Gasteiger partial charge >= 0.3 is 0 Å². The predicted molar refractivity (Wildman–Crippen MR) is 145 cm³/mol. The fourth-order valence-corrected chi connectivity index (χ4v) is 4.77. The summed E-state index contributed by atoms with van der Waals surface area (Å²) in [6.45, 7) is 2.01. The van der Waals surface area contributed by atoms with Crippen LogP contribution in [0.4, 0.5) is 0 Å². The number of allylic oxidation sites excluding steroid dienone is 1. The summed E-state index contributed by atoms with van der Waals surface area (Å²) in [5.74, 6) is 2.99. The largest absolute Gasteiger partial charge is 0.494 e. The van der Waals surface area contributed by atoms with Crippen LogP contribution in [-0.4, -0.2) is 36.9 Å². The number of nitrogens with zero attached hydrogens (tertiary/aromatic N) is 3. The van der Waals surface area contributed by atoms with E-state index in [0.29, 0.717) is 18.9 Å². The van der Waals surface area contributed by atoms with E-state index in [-0.39, 0.29) is 0 Å². The van der Waals surface area contributed by atoms with Crippen LogP contribution >= 0.6 is 11.8 Å². The molecule has 2 heterocycles. The molecule has 2 aromatic rings. The Bertz CT molecular complexity index is 1250. The van der Waals surface area contributed by atoms with E-state index in [9.17, 15) is 0 Å². The number of aliphatic imine (C=N–C) groups is 1. The molecule has 36 heavy (non-hydrogen) atoms. The van der Waals surface area contributed by atoms with Gasteiger partial charge in [-0.05, 0) is 66.5 Å². The van der Waals surface area contributed by atoms with Crippen molar-refractivity contribution in [2.75, 3.05) is 26.9 Å². The standard InChI is InChI=1S/C29H29N3O3S/c1-33-27-6-4-5-23(28(27)35-20-21-7-8-21)11-14-26-25(19-32-16-18-36-29(32)31-26)22-9-12-24(13-10-22)34-17-3-2-15-30/h4-6,9-14,16,18,21H,2-3,7-8,17,19-20H2,1H3/b14-11+. The molecule has 184 valence electrons. The minimum Gasteiger partial charge on any atom is -0.494 e. The van der Waals surface area contributed by atoms with Crippen molar-refractivity contribution in [3.63, 3.8) is 0 Å². The smallest absolute Gasteiger partial charge is 0.173 e. The molecular formula is C29H29N3O3S. The van der Waals surface area contributed by atoms with Gasteiger partial charge in [0.2, 0.25) is 0 Å². The Kier molecular flexibility index (Phi) is 7.63. The fourth-order valence-electron chi connectivity index (χ4n) is 4.03. The Morgan fingerprint density at radius 3 is 2.78 bits per heavy atom. The zero-order valence-electron chi connectivity index (χ0n) is 20.4. The topological polar surface area (TPSA) is 67.1 Å². The van der Waals surface area contributed by atoms with Crippen molar-refractivity contribution in [1.82, 2.24) is 4.90 Å². The molecule has 1 fully saturated rings. The number of ether oxygens (including phenoxy) is 3. The number of amidine groups is 1. The van der Waals surface area contributed by atoms with E-state index < -0.39 is 0 Å². The lowest BCUT2D eigenvalue weighted by molar-refractivity contribution is 0.280. The molecule has 7 heteroatoms. The van der Waals surface area contributed by atoms with Crippen molar-refractivity contribution in [3.05, 3.63) is 77.0 Å². The Hall–Kier alpha value is -3.63. The van der Waals surface area contributed by atoms with Gasteiger partial charge in [0.25, 0.3) is 0 Å². The quantitative estimate of drug-likeness (QED) is 0.330. The van der Waals surface area contributed by atoms with Crippen LogP contribution in [0.3, 0.4) is 0 Å². The van der Waals surface area contributed by atoms with Crippen LogP contribution in [0.5, 0.6) is 17.2 Å². The third-order valence-electron chi connectivity index (χ3n) is 6.23. The molecule has 0 bridgehead atoms. The maximum atomic E-state index is 8.69. The van der Waals surface area contributed by atoms with Gasteiger partial charge in [0.1, 0.15) is 5.75 Å². The third-order valence-corrected chi connectivity index (χ3v) is 7.02. The SMILES string of the molecule is COc1cccc(/C=C/C2=C(c3ccc(OCCCC#N)cc3)CN3C=CSC3=N2)c1OCC1CC1. The number of benzene rings is 2. The van der Waals surface area contributed by atoms with Crippen molar-refractivity contribution in [1.29, 1.82) is 5.26 Å². The Balaban J connectivity index is 1.42. The lowest BCUT2D eigenvalue weighted by Gasteiger charge is -2.25. The number of unbranched alkanes of at least 4 members (excludes halogenated alkanes) is 1. The van der Waals surface area contributed by atoms with Crippen LogP contribution < -0.4 is 14.2 Å². The van der Waals surface area contributed by atoms with E-state index in [1.54, 1.807) is 18.9 Å². The highest BCUT2D eigenvalue weighted by molar-refractivity contribution is 8.16. The first-order valence-electron chi connectivity index (χ1n) is 12.2. The number of thioether (sulfide) groups is 1. The lowest BCUT2D eigenvalue weighted by Crippen LogP contribution is -2.25. The van der Waals surface area contributed by atoms with Crippen LogP contribution in [0.25, 0.3) is 11.6 Å². The maximum Gasteiger partial charge on any atom is 0.173 e. The monoisotopic (exact) mass is 499 g/mol. The molecule has 5 rings (SSSR count). The number of fused-ring (bicyclic) bond motifs is 1. The molecule has 0 spiro atoms. The summed E-state index contributed by atoms with van der Waals surface area (Å²) in [6.07, 6.45) is 9.92. The summed E-state index contributed by atoms with van der Waals surface area (Å²) in [5.41, 5.74) is 4.14. The number of rotatable bonds is 11. The Morgan fingerprint density at radius 1 is 1.14 bits per heavy atom. The number of para-hydroxylation sites is 1. The van der Waals surface area contributed by atoms with E-state index in [1.807, 2.05) is 30.3 Å². The summed E-state index contributed by atoms with van der Waals surface area (Å²) in [7, 11) is 1.68. The molecule has 3 aliphatic rings. The molecule has 0 unspecified atom stereocenters. The van der Waals surface area contributed by atoms with Gasteiger partial charge in [0.05, 0.1) is 38.6 Å². The number of methoxy groups -OCH3 is 1. The minimum absolute atomic E-state index is 0.503. The number of nitriles is 1. The number of hydrogen-bond acceptors (Lipinski definition) is 7. The molecule has 2 aliphatic heterocycles. The average Bonchev–Trinajstić information content (AvgIpc) is 3.63. The van der Waals surface area contributed by atoms with E-state index >= 15 is 0 Å². The molecule has 0 saturated heterocycles. The summed E-state index contributed by atoms with van der Waals surface area (Å²) in [4.78, 5) is 7.13. The molecule has 0 atom stereocenters. The molecule has 2 aromatic carbocycles. The van der Waals surface area contributed by atoms with Gasteiger partial charge in [-0.1, -0.05) is 36.0 Å². The molecule has 0 N–H and O–H groups in total. The van der Waals surface area contributed by atoms with Crippen LogP contribution in [-0.2, 0) is 0 Å². The van der Waals surface area contributed by atoms with E-state index in [2.05, 4.69) is 46.9 Å². The van der Waals surface area contributed by atoms with Gasteiger partial charge in [-0.2, -0.15) is 5.26 Å². The summed E-state index contributed by atoms with van der Waals surface area (Å²) >= 11 is 1.63. The highest BCUT2D eigenvalue weighted by Crippen LogP contribution is 2.37.